The summed E-state index contributed by atoms with van der Waals surface area (Å²) in [6, 6.07) is 5.10. The van der Waals surface area contributed by atoms with E-state index < -0.39 is 0 Å². The second-order valence-corrected chi connectivity index (χ2v) is 6.62. The van der Waals surface area contributed by atoms with E-state index in [0.29, 0.717) is 15.7 Å². The van der Waals surface area contributed by atoms with Gasteiger partial charge in [-0.25, -0.2) is 0 Å². The molecule has 1 aromatic carbocycles. The number of carbonyl (C=O) groups is 2. The number of hydrogen-bond donors (Lipinski definition) is 0. The molecule has 1 fully saturated rings. The van der Waals surface area contributed by atoms with Gasteiger partial charge in [0.05, 0.1) is 15.7 Å². The standard InChI is InChI=1S/C17H23Cl2N3O2/c1-3-20-9-11-21(12-10-20)16(24)7-8-22(13(2)23)17-14(18)5-4-6-15(17)19/h4-6H,3,7-12H2,1-2H3. The van der Waals surface area contributed by atoms with Crippen LogP contribution in [0, 0.1) is 0 Å². The number of carbonyl (C=O) groups excluding carboxylic acids is 2. The van der Waals surface area contributed by atoms with Crippen molar-refractivity contribution in [1.29, 1.82) is 0 Å². The quantitative estimate of drug-likeness (QED) is 0.798. The molecule has 0 bridgehead atoms. The lowest BCUT2D eigenvalue weighted by Gasteiger charge is -2.34. The molecule has 1 aromatic rings. The lowest BCUT2D eigenvalue weighted by atomic mass is 10.2. The van der Waals surface area contributed by atoms with E-state index in [4.69, 9.17) is 23.2 Å². The number of para-hydroxylation sites is 1. The molecule has 0 radical (unpaired) electrons. The average Bonchev–Trinajstić information content (AvgIpc) is 2.57. The first kappa shape index (κ1) is 19.0. The molecule has 0 atom stereocenters. The summed E-state index contributed by atoms with van der Waals surface area (Å²) in [5.74, 6) is -0.131. The molecule has 0 aromatic heterocycles. The summed E-state index contributed by atoms with van der Waals surface area (Å²) in [5, 5.41) is 0.809. The van der Waals surface area contributed by atoms with Gasteiger partial charge in [0.15, 0.2) is 0 Å². The molecule has 5 nitrogen and oxygen atoms in total. The van der Waals surface area contributed by atoms with Gasteiger partial charge in [-0.2, -0.15) is 0 Å². The van der Waals surface area contributed by atoms with Crippen molar-refractivity contribution >= 4 is 40.7 Å². The molecule has 0 aliphatic carbocycles. The fourth-order valence-corrected chi connectivity index (χ4v) is 3.45. The van der Waals surface area contributed by atoms with E-state index in [1.807, 2.05) is 4.90 Å². The zero-order valence-electron chi connectivity index (χ0n) is 14.1. The van der Waals surface area contributed by atoms with Gasteiger partial charge >= 0.3 is 0 Å². The molecule has 24 heavy (non-hydrogen) atoms. The minimum absolute atomic E-state index is 0.0557. The van der Waals surface area contributed by atoms with Crippen molar-refractivity contribution in [2.24, 2.45) is 0 Å². The average molecular weight is 372 g/mol. The minimum Gasteiger partial charge on any atom is -0.340 e. The molecular weight excluding hydrogens is 349 g/mol. The number of piperazine rings is 1. The van der Waals surface area contributed by atoms with Gasteiger partial charge in [-0.15, -0.1) is 0 Å². The second kappa shape index (κ2) is 8.70. The Morgan fingerprint density at radius 1 is 1.12 bits per heavy atom. The van der Waals surface area contributed by atoms with Crippen LogP contribution in [-0.2, 0) is 9.59 Å². The Kier molecular flexibility index (Phi) is 6.90. The van der Waals surface area contributed by atoms with E-state index in [-0.39, 0.29) is 24.8 Å². The van der Waals surface area contributed by atoms with Crippen LogP contribution in [0.15, 0.2) is 18.2 Å². The molecule has 0 saturated carbocycles. The summed E-state index contributed by atoms with van der Waals surface area (Å²) >= 11 is 12.4. The van der Waals surface area contributed by atoms with Crippen molar-refractivity contribution < 1.29 is 9.59 Å². The van der Waals surface area contributed by atoms with Gasteiger partial charge < -0.3 is 14.7 Å². The van der Waals surface area contributed by atoms with Crippen molar-refractivity contribution in [2.75, 3.05) is 44.2 Å². The first-order valence-electron chi connectivity index (χ1n) is 8.16. The summed E-state index contributed by atoms with van der Waals surface area (Å²) in [6.07, 6.45) is 0.257. The predicted molar refractivity (Wildman–Crippen MR) is 97.8 cm³/mol. The highest BCUT2D eigenvalue weighted by Gasteiger charge is 2.23. The van der Waals surface area contributed by atoms with E-state index in [9.17, 15) is 9.59 Å². The van der Waals surface area contributed by atoms with Gasteiger partial charge in [-0.1, -0.05) is 36.2 Å². The smallest absolute Gasteiger partial charge is 0.224 e. The van der Waals surface area contributed by atoms with E-state index >= 15 is 0 Å². The van der Waals surface area contributed by atoms with Gasteiger partial charge in [0.25, 0.3) is 0 Å². The number of benzene rings is 1. The molecule has 1 aliphatic rings. The molecule has 1 aliphatic heterocycles. The maximum atomic E-state index is 12.4. The second-order valence-electron chi connectivity index (χ2n) is 5.81. The van der Waals surface area contributed by atoms with Crippen molar-refractivity contribution in [3.63, 3.8) is 0 Å². The monoisotopic (exact) mass is 371 g/mol. The highest BCUT2D eigenvalue weighted by Crippen LogP contribution is 2.33. The lowest BCUT2D eigenvalue weighted by Crippen LogP contribution is -2.49. The van der Waals surface area contributed by atoms with E-state index in [1.54, 1.807) is 18.2 Å². The van der Waals surface area contributed by atoms with Gasteiger partial charge in [-0.3, -0.25) is 9.59 Å². The topological polar surface area (TPSA) is 43.9 Å². The molecule has 1 saturated heterocycles. The molecule has 2 rings (SSSR count). The molecule has 7 heteroatoms. The van der Waals surface area contributed by atoms with Crippen molar-refractivity contribution in [3.05, 3.63) is 28.2 Å². The zero-order valence-corrected chi connectivity index (χ0v) is 15.6. The van der Waals surface area contributed by atoms with Gasteiger partial charge in [0, 0.05) is 46.1 Å². The number of hydrogen-bond acceptors (Lipinski definition) is 3. The van der Waals surface area contributed by atoms with Crippen molar-refractivity contribution in [1.82, 2.24) is 9.80 Å². The number of anilines is 1. The fraction of sp³-hybridized carbons (Fsp3) is 0.529. The lowest BCUT2D eigenvalue weighted by molar-refractivity contribution is -0.132. The highest BCUT2D eigenvalue weighted by atomic mass is 35.5. The normalized spacial score (nSPS) is 15.4. The van der Waals surface area contributed by atoms with Crippen LogP contribution < -0.4 is 4.90 Å². The van der Waals surface area contributed by atoms with Crippen LogP contribution in [0.4, 0.5) is 5.69 Å². The Morgan fingerprint density at radius 2 is 1.71 bits per heavy atom. The van der Waals surface area contributed by atoms with Crippen molar-refractivity contribution in [2.45, 2.75) is 20.3 Å². The van der Waals surface area contributed by atoms with Gasteiger partial charge in [0.2, 0.25) is 11.8 Å². The predicted octanol–water partition coefficient (Wildman–Crippen LogP) is 2.90. The van der Waals surface area contributed by atoms with Crippen LogP contribution in [0.1, 0.15) is 20.3 Å². The van der Waals surface area contributed by atoms with Crippen LogP contribution >= 0.6 is 23.2 Å². The third-order valence-corrected chi connectivity index (χ3v) is 4.92. The Labute approximate surface area is 153 Å². The summed E-state index contributed by atoms with van der Waals surface area (Å²) in [5.41, 5.74) is 0.469. The fourth-order valence-electron chi connectivity index (χ4n) is 2.85. The molecule has 2 amide bonds. The third kappa shape index (κ3) is 4.62. The maximum absolute atomic E-state index is 12.4. The van der Waals surface area contributed by atoms with Crippen LogP contribution in [-0.4, -0.2) is 60.9 Å². The number of rotatable bonds is 5. The summed E-state index contributed by atoms with van der Waals surface area (Å²) < 4.78 is 0. The van der Waals surface area contributed by atoms with Crippen LogP contribution in [0.25, 0.3) is 0 Å². The number of amides is 2. The van der Waals surface area contributed by atoms with Crippen LogP contribution in [0.5, 0.6) is 0 Å². The first-order valence-corrected chi connectivity index (χ1v) is 8.92. The molecule has 132 valence electrons. The van der Waals surface area contributed by atoms with Crippen LogP contribution in [0.2, 0.25) is 10.0 Å². The highest BCUT2D eigenvalue weighted by molar-refractivity contribution is 6.39. The number of halogens is 2. The Morgan fingerprint density at radius 3 is 2.21 bits per heavy atom. The zero-order chi connectivity index (χ0) is 17.7. The first-order chi connectivity index (χ1) is 11.4. The number of nitrogens with zero attached hydrogens (tertiary/aromatic N) is 3. The molecule has 0 unspecified atom stereocenters. The third-order valence-electron chi connectivity index (χ3n) is 4.31. The molecule has 0 spiro atoms. The van der Waals surface area contributed by atoms with Gasteiger partial charge in [-0.05, 0) is 18.7 Å². The number of likely N-dealkylation sites (N-methyl/N-ethyl adjacent to an activating group) is 1. The minimum atomic E-state index is -0.186. The largest absolute Gasteiger partial charge is 0.340 e. The Bertz CT molecular complexity index is 581. The SMILES string of the molecule is CCN1CCN(C(=O)CCN(C(C)=O)c2c(Cl)cccc2Cl)CC1. The summed E-state index contributed by atoms with van der Waals surface area (Å²) in [4.78, 5) is 30.1. The summed E-state index contributed by atoms with van der Waals surface area (Å²) in [6.45, 7) is 8.11. The van der Waals surface area contributed by atoms with Crippen molar-refractivity contribution in [3.8, 4) is 0 Å². The van der Waals surface area contributed by atoms with Gasteiger partial charge in [0.1, 0.15) is 0 Å². The van der Waals surface area contributed by atoms with E-state index in [1.165, 1.54) is 11.8 Å². The Hall–Kier alpha value is -1.30. The maximum Gasteiger partial charge on any atom is 0.224 e. The van der Waals surface area contributed by atoms with Crippen LogP contribution in [0.3, 0.4) is 0 Å². The molecule has 1 heterocycles. The molecular formula is C17H23Cl2N3O2. The summed E-state index contributed by atoms with van der Waals surface area (Å²) in [7, 11) is 0. The Balaban J connectivity index is 2.00. The van der Waals surface area contributed by atoms with E-state index in [2.05, 4.69) is 11.8 Å². The van der Waals surface area contributed by atoms with E-state index in [0.717, 1.165) is 32.7 Å². The molecule has 0 N–H and O–H groups in total.